The van der Waals surface area contributed by atoms with Crippen LogP contribution in [0.2, 0.25) is 0 Å². The lowest BCUT2D eigenvalue weighted by Crippen LogP contribution is -2.39. The van der Waals surface area contributed by atoms with E-state index in [9.17, 15) is 9.18 Å². The van der Waals surface area contributed by atoms with Crippen molar-refractivity contribution in [2.45, 2.75) is 36.6 Å². The smallest absolute Gasteiger partial charge is 0.221 e. The van der Waals surface area contributed by atoms with Crippen LogP contribution in [0.15, 0.2) is 29.2 Å². The van der Waals surface area contributed by atoms with E-state index >= 15 is 0 Å². The van der Waals surface area contributed by atoms with E-state index < -0.39 is 0 Å². The highest BCUT2D eigenvalue weighted by Crippen LogP contribution is 2.25. The van der Waals surface area contributed by atoms with Crippen molar-refractivity contribution in [2.75, 3.05) is 12.3 Å². The Labute approximate surface area is 135 Å². The number of halogens is 2. The van der Waals surface area contributed by atoms with Gasteiger partial charge in [0, 0.05) is 23.1 Å². The first-order chi connectivity index (χ1) is 9.69. The molecular formula is C15H22ClFN2OS. The lowest BCUT2D eigenvalue weighted by atomic mass is 10.0. The number of nitrogens with one attached hydrogen (secondary N) is 1. The van der Waals surface area contributed by atoms with Gasteiger partial charge in [-0.3, -0.25) is 4.79 Å². The minimum Gasteiger partial charge on any atom is -0.353 e. The van der Waals surface area contributed by atoms with Crippen LogP contribution in [0, 0.1) is 11.7 Å². The Hall–Kier alpha value is -0.780. The summed E-state index contributed by atoms with van der Waals surface area (Å²) in [4.78, 5) is 12.9. The highest BCUT2D eigenvalue weighted by Gasteiger charge is 2.26. The van der Waals surface area contributed by atoms with E-state index in [1.807, 2.05) is 0 Å². The minimum absolute atomic E-state index is 0. The molecule has 1 aromatic carbocycles. The molecule has 3 N–H and O–H groups in total. The third-order valence-electron chi connectivity index (χ3n) is 3.72. The van der Waals surface area contributed by atoms with Crippen molar-refractivity contribution in [3.8, 4) is 0 Å². The number of nitrogens with two attached hydrogens (primary N) is 1. The van der Waals surface area contributed by atoms with Crippen LogP contribution in [0.5, 0.6) is 0 Å². The number of carbonyl (C=O) groups excluding carboxylic acids is 1. The van der Waals surface area contributed by atoms with Gasteiger partial charge in [0.1, 0.15) is 5.82 Å². The molecule has 0 bridgehead atoms. The van der Waals surface area contributed by atoms with Crippen molar-refractivity contribution in [3.63, 3.8) is 0 Å². The Morgan fingerprint density at radius 3 is 2.71 bits per heavy atom. The first kappa shape index (κ1) is 18.3. The van der Waals surface area contributed by atoms with Gasteiger partial charge in [-0.1, -0.05) is 6.42 Å². The number of thioether (sulfide) groups is 1. The standard InChI is InChI=1S/C15H21FN2OS.ClH/c16-12-4-6-13(7-5-12)20-9-8-15(19)18-14-3-1-2-11(14)10-17;/h4-7,11,14H,1-3,8-10,17H2,(H,18,19);1H. The zero-order valence-corrected chi connectivity index (χ0v) is 13.5. The Morgan fingerprint density at radius 1 is 1.33 bits per heavy atom. The second-order valence-corrected chi connectivity index (χ2v) is 6.32. The molecule has 0 spiro atoms. The summed E-state index contributed by atoms with van der Waals surface area (Å²) in [6.45, 7) is 0.648. The molecule has 0 heterocycles. The van der Waals surface area contributed by atoms with Crippen LogP contribution in [0.1, 0.15) is 25.7 Å². The molecule has 1 amide bonds. The molecule has 0 aromatic heterocycles. The molecule has 1 aliphatic carbocycles. The maximum absolute atomic E-state index is 12.8. The molecule has 2 rings (SSSR count). The van der Waals surface area contributed by atoms with E-state index in [1.54, 1.807) is 23.9 Å². The number of hydrogen-bond acceptors (Lipinski definition) is 3. The summed E-state index contributed by atoms with van der Waals surface area (Å²) >= 11 is 1.57. The topological polar surface area (TPSA) is 55.1 Å². The molecule has 1 aromatic rings. The van der Waals surface area contributed by atoms with Crippen LogP contribution >= 0.6 is 24.2 Å². The van der Waals surface area contributed by atoms with Gasteiger partial charge in [0.15, 0.2) is 0 Å². The highest BCUT2D eigenvalue weighted by molar-refractivity contribution is 7.99. The number of amides is 1. The minimum atomic E-state index is -0.235. The summed E-state index contributed by atoms with van der Waals surface area (Å²) in [5, 5.41) is 3.08. The van der Waals surface area contributed by atoms with Crippen LogP contribution in [-0.2, 0) is 4.79 Å². The third kappa shape index (κ3) is 5.85. The van der Waals surface area contributed by atoms with E-state index in [4.69, 9.17) is 5.73 Å². The summed E-state index contributed by atoms with van der Waals surface area (Å²) in [5.41, 5.74) is 5.70. The number of hydrogen-bond donors (Lipinski definition) is 2. The summed E-state index contributed by atoms with van der Waals surface area (Å²) in [7, 11) is 0. The van der Waals surface area contributed by atoms with E-state index in [1.165, 1.54) is 12.1 Å². The fourth-order valence-electron chi connectivity index (χ4n) is 2.58. The maximum atomic E-state index is 12.8. The predicted octanol–water partition coefficient (Wildman–Crippen LogP) is 2.97. The Balaban J connectivity index is 0.00000220. The first-order valence-electron chi connectivity index (χ1n) is 7.07. The molecule has 0 saturated heterocycles. The molecule has 118 valence electrons. The van der Waals surface area contributed by atoms with Gasteiger partial charge in [-0.25, -0.2) is 4.39 Å². The van der Waals surface area contributed by atoms with Gasteiger partial charge < -0.3 is 11.1 Å². The van der Waals surface area contributed by atoms with Crippen molar-refractivity contribution in [3.05, 3.63) is 30.1 Å². The van der Waals surface area contributed by atoms with Gasteiger partial charge in [0.2, 0.25) is 5.91 Å². The molecule has 6 heteroatoms. The van der Waals surface area contributed by atoms with Gasteiger partial charge >= 0.3 is 0 Å². The van der Waals surface area contributed by atoms with Crippen LogP contribution in [-0.4, -0.2) is 24.2 Å². The van der Waals surface area contributed by atoms with Crippen LogP contribution in [0.4, 0.5) is 4.39 Å². The third-order valence-corrected chi connectivity index (χ3v) is 4.73. The fourth-order valence-corrected chi connectivity index (χ4v) is 3.43. The van der Waals surface area contributed by atoms with Crippen molar-refractivity contribution < 1.29 is 9.18 Å². The van der Waals surface area contributed by atoms with Crippen molar-refractivity contribution in [1.82, 2.24) is 5.32 Å². The summed E-state index contributed by atoms with van der Waals surface area (Å²) in [5.74, 6) is 0.993. The molecule has 21 heavy (non-hydrogen) atoms. The lowest BCUT2D eigenvalue weighted by Gasteiger charge is -2.19. The molecule has 2 atom stereocenters. The second-order valence-electron chi connectivity index (χ2n) is 5.15. The lowest BCUT2D eigenvalue weighted by molar-refractivity contribution is -0.121. The molecular weight excluding hydrogens is 311 g/mol. The fraction of sp³-hybridized carbons (Fsp3) is 0.533. The molecule has 0 radical (unpaired) electrons. The summed E-state index contributed by atoms with van der Waals surface area (Å²) in [6, 6.07) is 6.60. The maximum Gasteiger partial charge on any atom is 0.221 e. The van der Waals surface area contributed by atoms with Crippen LogP contribution in [0.3, 0.4) is 0 Å². The Morgan fingerprint density at radius 2 is 2.05 bits per heavy atom. The van der Waals surface area contributed by atoms with Gasteiger partial charge in [-0.05, 0) is 49.6 Å². The monoisotopic (exact) mass is 332 g/mol. The largest absolute Gasteiger partial charge is 0.353 e. The number of rotatable bonds is 6. The average molecular weight is 333 g/mol. The van der Waals surface area contributed by atoms with Crippen molar-refractivity contribution in [1.29, 1.82) is 0 Å². The molecule has 3 nitrogen and oxygen atoms in total. The zero-order valence-electron chi connectivity index (χ0n) is 11.9. The normalized spacial score (nSPS) is 20.9. The summed E-state index contributed by atoms with van der Waals surface area (Å²) in [6.07, 6.45) is 3.79. The number of carbonyl (C=O) groups is 1. The predicted molar refractivity (Wildman–Crippen MR) is 87.3 cm³/mol. The van der Waals surface area contributed by atoms with E-state index in [2.05, 4.69) is 5.32 Å². The van der Waals surface area contributed by atoms with Crippen LogP contribution in [0.25, 0.3) is 0 Å². The van der Waals surface area contributed by atoms with Gasteiger partial charge in [0.05, 0.1) is 0 Å². The van der Waals surface area contributed by atoms with E-state index in [0.29, 0.717) is 24.6 Å². The second kappa shape index (κ2) is 9.28. The molecule has 1 fully saturated rings. The Kier molecular flexibility index (Phi) is 8.07. The molecule has 1 saturated carbocycles. The van der Waals surface area contributed by atoms with Crippen LogP contribution < -0.4 is 11.1 Å². The van der Waals surface area contributed by atoms with Gasteiger partial charge in [-0.15, -0.1) is 24.2 Å². The molecule has 0 aliphatic heterocycles. The van der Waals surface area contributed by atoms with E-state index in [-0.39, 0.29) is 30.2 Å². The van der Waals surface area contributed by atoms with E-state index in [0.717, 1.165) is 24.2 Å². The quantitative estimate of drug-likeness (QED) is 0.787. The zero-order chi connectivity index (χ0) is 14.4. The average Bonchev–Trinajstić information content (AvgIpc) is 2.88. The van der Waals surface area contributed by atoms with Crippen molar-refractivity contribution >= 4 is 30.1 Å². The molecule has 1 aliphatic rings. The highest BCUT2D eigenvalue weighted by atomic mass is 35.5. The van der Waals surface area contributed by atoms with Gasteiger partial charge in [0.25, 0.3) is 0 Å². The van der Waals surface area contributed by atoms with Gasteiger partial charge in [-0.2, -0.15) is 0 Å². The molecule has 2 unspecified atom stereocenters. The summed E-state index contributed by atoms with van der Waals surface area (Å²) < 4.78 is 12.8. The first-order valence-corrected chi connectivity index (χ1v) is 8.05. The van der Waals surface area contributed by atoms with Crippen molar-refractivity contribution in [2.24, 2.45) is 11.7 Å². The number of benzene rings is 1. The SMILES string of the molecule is Cl.NCC1CCCC1NC(=O)CCSc1ccc(F)cc1. The Bertz CT molecular complexity index is 444.